The van der Waals surface area contributed by atoms with Crippen LogP contribution in [0.5, 0.6) is 0 Å². The zero-order valence-corrected chi connectivity index (χ0v) is 12.5. The molecule has 1 aromatic rings. The zero-order valence-electron chi connectivity index (χ0n) is 9.40. The summed E-state index contributed by atoms with van der Waals surface area (Å²) in [5, 5.41) is -0.00579. The maximum absolute atomic E-state index is 6.58. The maximum atomic E-state index is 6.58. The summed E-state index contributed by atoms with van der Waals surface area (Å²) >= 11 is 20.1. The Morgan fingerprint density at radius 3 is 2.56 bits per heavy atom. The third-order valence-electron chi connectivity index (χ3n) is 3.67. The Balaban J connectivity index is 2.25. The van der Waals surface area contributed by atoms with Crippen LogP contribution in [0.4, 0.5) is 0 Å². The van der Waals surface area contributed by atoms with E-state index < -0.39 is 0 Å². The maximum Gasteiger partial charge on any atom is 0.0991 e. The fourth-order valence-corrected chi connectivity index (χ4v) is 4.96. The molecule has 0 nitrogen and oxygen atoms in total. The highest BCUT2D eigenvalue weighted by atomic mass is 35.5. The highest BCUT2D eigenvalue weighted by Crippen LogP contribution is 2.53. The highest BCUT2D eigenvalue weighted by molar-refractivity contribution is 7.20. The van der Waals surface area contributed by atoms with Crippen molar-refractivity contribution in [2.75, 3.05) is 0 Å². The van der Waals surface area contributed by atoms with E-state index in [9.17, 15) is 0 Å². The number of halogens is 3. The molecule has 1 aliphatic carbocycles. The van der Waals surface area contributed by atoms with Gasteiger partial charge >= 0.3 is 0 Å². The van der Waals surface area contributed by atoms with Gasteiger partial charge in [0.15, 0.2) is 0 Å². The third-order valence-corrected chi connectivity index (χ3v) is 5.73. The molecule has 16 heavy (non-hydrogen) atoms. The zero-order chi connectivity index (χ0) is 11.9. The van der Waals surface area contributed by atoms with Gasteiger partial charge in [0, 0.05) is 5.56 Å². The Bertz CT molecular complexity index is 384. The fraction of sp³-hybridized carbons (Fsp3) is 0.667. The first kappa shape index (κ1) is 13.0. The van der Waals surface area contributed by atoms with E-state index in [1.54, 1.807) is 0 Å². The Kier molecular flexibility index (Phi) is 3.81. The van der Waals surface area contributed by atoms with Gasteiger partial charge in [-0.3, -0.25) is 0 Å². The summed E-state index contributed by atoms with van der Waals surface area (Å²) in [6.45, 7) is 4.59. The van der Waals surface area contributed by atoms with Crippen molar-refractivity contribution in [2.24, 2.45) is 11.3 Å². The van der Waals surface area contributed by atoms with E-state index in [1.165, 1.54) is 30.6 Å². The molecule has 0 bridgehead atoms. The van der Waals surface area contributed by atoms with Crippen molar-refractivity contribution in [1.29, 1.82) is 0 Å². The summed E-state index contributed by atoms with van der Waals surface area (Å²) in [5.74, 6) is 0.498. The van der Waals surface area contributed by atoms with Crippen LogP contribution < -0.4 is 0 Å². The van der Waals surface area contributed by atoms with Crippen LogP contribution in [0.25, 0.3) is 0 Å². The van der Waals surface area contributed by atoms with Crippen molar-refractivity contribution in [2.45, 2.75) is 38.5 Å². The molecule has 1 saturated carbocycles. The first-order chi connectivity index (χ1) is 7.42. The molecule has 90 valence electrons. The van der Waals surface area contributed by atoms with Gasteiger partial charge in [-0.1, -0.05) is 43.5 Å². The molecule has 0 saturated heterocycles. The molecule has 0 N–H and O–H groups in total. The number of hydrogen-bond donors (Lipinski definition) is 0. The minimum Gasteiger partial charge on any atom is -0.117 e. The molecule has 0 amide bonds. The predicted molar refractivity (Wildman–Crippen MR) is 74.1 cm³/mol. The molecule has 2 unspecified atom stereocenters. The van der Waals surface area contributed by atoms with Crippen molar-refractivity contribution in [3.05, 3.63) is 20.3 Å². The van der Waals surface area contributed by atoms with Crippen LogP contribution in [0, 0.1) is 11.3 Å². The van der Waals surface area contributed by atoms with Gasteiger partial charge in [-0.25, -0.2) is 0 Å². The van der Waals surface area contributed by atoms with Crippen molar-refractivity contribution in [1.82, 2.24) is 0 Å². The summed E-state index contributed by atoms with van der Waals surface area (Å²) < 4.78 is 1.47. The number of thiophene rings is 1. The van der Waals surface area contributed by atoms with E-state index in [0.717, 1.165) is 14.2 Å². The molecule has 1 aliphatic rings. The smallest absolute Gasteiger partial charge is 0.0991 e. The van der Waals surface area contributed by atoms with Gasteiger partial charge in [0.1, 0.15) is 0 Å². The summed E-state index contributed by atoms with van der Waals surface area (Å²) in [5.41, 5.74) is 1.32. The molecule has 2 rings (SSSR count). The van der Waals surface area contributed by atoms with E-state index >= 15 is 0 Å². The Hall–Kier alpha value is 0.570. The molecule has 0 aliphatic heterocycles. The van der Waals surface area contributed by atoms with Crippen LogP contribution >= 0.6 is 46.1 Å². The minimum atomic E-state index is -0.00579. The lowest BCUT2D eigenvalue weighted by atomic mass is 9.78. The molecule has 1 aromatic heterocycles. The summed E-state index contributed by atoms with van der Waals surface area (Å²) in [6.07, 6.45) is 3.69. The molecule has 4 heteroatoms. The first-order valence-corrected chi connectivity index (χ1v) is 7.51. The van der Waals surface area contributed by atoms with Crippen LogP contribution in [-0.2, 0) is 0 Å². The van der Waals surface area contributed by atoms with Crippen LogP contribution in [0.1, 0.15) is 44.1 Å². The van der Waals surface area contributed by atoms with Crippen molar-refractivity contribution in [3.63, 3.8) is 0 Å². The van der Waals surface area contributed by atoms with Gasteiger partial charge in [0.2, 0.25) is 0 Å². The number of rotatable bonds is 2. The fourth-order valence-electron chi connectivity index (χ4n) is 2.65. The topological polar surface area (TPSA) is 0 Å². The second-order valence-corrected chi connectivity index (χ2v) is 7.92. The molecular formula is C12H15Cl3S. The predicted octanol–water partition coefficient (Wildman–Crippen LogP) is 6.16. The Morgan fingerprint density at radius 2 is 2.12 bits per heavy atom. The quantitative estimate of drug-likeness (QED) is 0.573. The number of hydrogen-bond acceptors (Lipinski definition) is 1. The lowest BCUT2D eigenvalue weighted by Gasteiger charge is -2.30. The van der Waals surface area contributed by atoms with Crippen LogP contribution in [0.15, 0.2) is 6.07 Å². The molecule has 0 spiro atoms. The average molecular weight is 298 g/mol. The largest absolute Gasteiger partial charge is 0.117 e. The van der Waals surface area contributed by atoms with E-state index in [4.69, 9.17) is 34.8 Å². The second-order valence-electron chi connectivity index (χ2n) is 5.17. The van der Waals surface area contributed by atoms with Crippen LogP contribution in [0.2, 0.25) is 8.67 Å². The van der Waals surface area contributed by atoms with E-state index in [0.29, 0.717) is 11.3 Å². The van der Waals surface area contributed by atoms with Crippen molar-refractivity contribution in [3.8, 4) is 0 Å². The molecular weight excluding hydrogens is 283 g/mol. The SMILES string of the molecule is CC1(C)CCCC1C(Cl)c1cc(Cl)sc1Cl. The number of alkyl halides is 1. The van der Waals surface area contributed by atoms with E-state index in [1.807, 2.05) is 6.07 Å². The molecule has 0 radical (unpaired) electrons. The highest BCUT2D eigenvalue weighted by Gasteiger charge is 2.40. The standard InChI is InChI=1S/C12H15Cl3S/c1-12(2)5-3-4-8(12)10(14)7-6-9(13)16-11(7)15/h6,8,10H,3-5H2,1-2H3. The molecule has 2 atom stereocenters. The second kappa shape index (κ2) is 4.68. The normalized spacial score (nSPS) is 25.9. The third kappa shape index (κ3) is 2.38. The van der Waals surface area contributed by atoms with Crippen molar-refractivity contribution >= 4 is 46.1 Å². The summed E-state index contributed by atoms with van der Waals surface area (Å²) in [7, 11) is 0. The van der Waals surface area contributed by atoms with Gasteiger partial charge in [-0.2, -0.15) is 0 Å². The Morgan fingerprint density at radius 1 is 1.44 bits per heavy atom. The first-order valence-electron chi connectivity index (χ1n) is 5.50. The van der Waals surface area contributed by atoms with Gasteiger partial charge in [-0.15, -0.1) is 22.9 Å². The molecule has 1 heterocycles. The lowest BCUT2D eigenvalue weighted by molar-refractivity contribution is 0.252. The monoisotopic (exact) mass is 296 g/mol. The minimum absolute atomic E-state index is 0.00579. The van der Waals surface area contributed by atoms with Gasteiger partial charge in [0.25, 0.3) is 0 Å². The van der Waals surface area contributed by atoms with E-state index in [2.05, 4.69) is 13.8 Å². The van der Waals surface area contributed by atoms with Gasteiger partial charge in [0.05, 0.1) is 14.0 Å². The van der Waals surface area contributed by atoms with Gasteiger partial charge in [-0.05, 0) is 30.2 Å². The van der Waals surface area contributed by atoms with Crippen LogP contribution in [-0.4, -0.2) is 0 Å². The van der Waals surface area contributed by atoms with Crippen LogP contribution in [0.3, 0.4) is 0 Å². The van der Waals surface area contributed by atoms with E-state index in [-0.39, 0.29) is 5.38 Å². The average Bonchev–Trinajstić information content (AvgIpc) is 2.68. The molecule has 1 fully saturated rings. The Labute approximate surface area is 116 Å². The summed E-state index contributed by atoms with van der Waals surface area (Å²) in [4.78, 5) is 0. The van der Waals surface area contributed by atoms with Gasteiger partial charge < -0.3 is 0 Å². The van der Waals surface area contributed by atoms with Crippen molar-refractivity contribution < 1.29 is 0 Å². The summed E-state index contributed by atoms with van der Waals surface area (Å²) in [6, 6.07) is 1.92. The lowest BCUT2D eigenvalue weighted by Crippen LogP contribution is -2.21. The molecule has 0 aromatic carbocycles.